The Kier molecular flexibility index (Phi) is 4.93. The second-order valence-corrected chi connectivity index (χ2v) is 5.76. The lowest BCUT2D eigenvalue weighted by Gasteiger charge is -2.07. The van der Waals surface area contributed by atoms with Crippen molar-refractivity contribution < 1.29 is 4.79 Å². The summed E-state index contributed by atoms with van der Waals surface area (Å²) in [5.41, 5.74) is 2.04. The third-order valence-corrected chi connectivity index (χ3v) is 4.10. The van der Waals surface area contributed by atoms with Crippen molar-refractivity contribution in [1.29, 1.82) is 0 Å². The van der Waals surface area contributed by atoms with Gasteiger partial charge in [0.2, 0.25) is 5.91 Å². The van der Waals surface area contributed by atoms with E-state index in [0.717, 1.165) is 28.0 Å². The van der Waals surface area contributed by atoms with Crippen LogP contribution < -0.4 is 5.32 Å². The quantitative estimate of drug-likeness (QED) is 0.754. The van der Waals surface area contributed by atoms with E-state index in [1.165, 1.54) is 0 Å². The molecule has 0 saturated carbocycles. The van der Waals surface area contributed by atoms with Crippen LogP contribution in [0.4, 0.5) is 0 Å². The van der Waals surface area contributed by atoms with Gasteiger partial charge in [0, 0.05) is 59.9 Å². The van der Waals surface area contributed by atoms with Gasteiger partial charge >= 0.3 is 0 Å². The number of aryl methyl sites for hydroxylation is 1. The normalized spacial score (nSPS) is 10.8. The standard InChI is InChI=1S/C18H18ClN3O/c19-16-5-3-6-17-15(16)8-12-22(17)13-9-18(23)21-11-7-14-4-1-2-10-20-14/h1-6,8,10,12H,7,9,11,13H2,(H,21,23). The fourth-order valence-electron chi connectivity index (χ4n) is 2.57. The number of hydrogen-bond acceptors (Lipinski definition) is 2. The highest BCUT2D eigenvalue weighted by atomic mass is 35.5. The summed E-state index contributed by atoms with van der Waals surface area (Å²) in [6.07, 6.45) is 4.92. The molecule has 0 spiro atoms. The average Bonchev–Trinajstić information content (AvgIpc) is 2.98. The van der Waals surface area contributed by atoms with Crippen LogP contribution in [0.15, 0.2) is 54.9 Å². The summed E-state index contributed by atoms with van der Waals surface area (Å²) in [5, 5.41) is 4.69. The van der Waals surface area contributed by atoms with Gasteiger partial charge in [-0.2, -0.15) is 0 Å². The van der Waals surface area contributed by atoms with Crippen LogP contribution in [-0.4, -0.2) is 22.0 Å². The van der Waals surface area contributed by atoms with Crippen LogP contribution in [0.3, 0.4) is 0 Å². The monoisotopic (exact) mass is 327 g/mol. The van der Waals surface area contributed by atoms with Crippen LogP contribution >= 0.6 is 11.6 Å². The molecule has 0 unspecified atom stereocenters. The number of aromatic nitrogens is 2. The molecule has 0 aliphatic rings. The zero-order valence-corrected chi connectivity index (χ0v) is 13.5. The Morgan fingerprint density at radius 3 is 2.91 bits per heavy atom. The molecule has 118 valence electrons. The first-order valence-corrected chi connectivity index (χ1v) is 8.02. The number of carbonyl (C=O) groups excluding carboxylic acids is 1. The first-order valence-electron chi connectivity index (χ1n) is 7.64. The molecule has 4 nitrogen and oxygen atoms in total. The van der Waals surface area contributed by atoms with E-state index in [9.17, 15) is 4.79 Å². The van der Waals surface area contributed by atoms with E-state index in [4.69, 9.17) is 11.6 Å². The molecule has 1 aromatic carbocycles. The summed E-state index contributed by atoms with van der Waals surface area (Å²) in [6, 6.07) is 13.6. The Balaban J connectivity index is 1.49. The van der Waals surface area contributed by atoms with Crippen LogP contribution in [0.5, 0.6) is 0 Å². The minimum atomic E-state index is 0.0461. The van der Waals surface area contributed by atoms with Crippen molar-refractivity contribution in [1.82, 2.24) is 14.9 Å². The zero-order chi connectivity index (χ0) is 16.1. The second-order valence-electron chi connectivity index (χ2n) is 5.35. The van der Waals surface area contributed by atoms with Gasteiger partial charge in [0.1, 0.15) is 0 Å². The fraction of sp³-hybridized carbons (Fsp3) is 0.222. The number of amides is 1. The molecule has 0 atom stereocenters. The predicted octanol–water partition coefficient (Wildman–Crippen LogP) is 3.44. The first kappa shape index (κ1) is 15.6. The molecule has 0 bridgehead atoms. The second kappa shape index (κ2) is 7.29. The molecule has 0 saturated heterocycles. The molecule has 3 aromatic rings. The molecule has 0 fully saturated rings. The van der Waals surface area contributed by atoms with E-state index in [1.54, 1.807) is 6.20 Å². The van der Waals surface area contributed by atoms with Crippen LogP contribution in [0.2, 0.25) is 5.02 Å². The molecule has 23 heavy (non-hydrogen) atoms. The van der Waals surface area contributed by atoms with Gasteiger partial charge in [0.25, 0.3) is 0 Å². The van der Waals surface area contributed by atoms with Crippen molar-refractivity contribution in [2.24, 2.45) is 0 Å². The minimum absolute atomic E-state index is 0.0461. The third-order valence-electron chi connectivity index (χ3n) is 3.77. The lowest BCUT2D eigenvalue weighted by molar-refractivity contribution is -0.121. The Bertz CT molecular complexity index is 798. The van der Waals surface area contributed by atoms with E-state index in [-0.39, 0.29) is 5.91 Å². The van der Waals surface area contributed by atoms with E-state index in [0.29, 0.717) is 19.5 Å². The molecule has 0 aliphatic heterocycles. The van der Waals surface area contributed by atoms with Crippen LogP contribution in [0, 0.1) is 0 Å². The van der Waals surface area contributed by atoms with Gasteiger partial charge in [0.05, 0.1) is 0 Å². The first-order chi connectivity index (χ1) is 11.2. The highest BCUT2D eigenvalue weighted by Crippen LogP contribution is 2.24. The Morgan fingerprint density at radius 1 is 1.17 bits per heavy atom. The Labute approximate surface area is 140 Å². The number of pyridine rings is 1. The van der Waals surface area contributed by atoms with Crippen LogP contribution in [0.25, 0.3) is 10.9 Å². The highest BCUT2D eigenvalue weighted by Gasteiger charge is 2.06. The molecule has 2 heterocycles. The van der Waals surface area contributed by atoms with Gasteiger partial charge in [-0.25, -0.2) is 0 Å². The molecule has 1 amide bonds. The largest absolute Gasteiger partial charge is 0.356 e. The van der Waals surface area contributed by atoms with Gasteiger partial charge < -0.3 is 9.88 Å². The molecular weight excluding hydrogens is 310 g/mol. The summed E-state index contributed by atoms with van der Waals surface area (Å²) in [6.45, 7) is 1.24. The fourth-order valence-corrected chi connectivity index (χ4v) is 2.80. The minimum Gasteiger partial charge on any atom is -0.356 e. The number of nitrogens with zero attached hydrogens (tertiary/aromatic N) is 2. The van der Waals surface area contributed by atoms with Gasteiger partial charge in [-0.05, 0) is 30.3 Å². The lowest BCUT2D eigenvalue weighted by Crippen LogP contribution is -2.26. The van der Waals surface area contributed by atoms with Gasteiger partial charge in [-0.3, -0.25) is 9.78 Å². The molecule has 0 aliphatic carbocycles. The van der Waals surface area contributed by atoms with Gasteiger partial charge in [-0.15, -0.1) is 0 Å². The number of nitrogens with one attached hydrogen (secondary N) is 1. The van der Waals surface area contributed by atoms with E-state index in [2.05, 4.69) is 14.9 Å². The highest BCUT2D eigenvalue weighted by molar-refractivity contribution is 6.35. The van der Waals surface area contributed by atoms with Crippen molar-refractivity contribution in [2.75, 3.05) is 6.54 Å². The maximum absolute atomic E-state index is 12.0. The molecule has 2 aromatic heterocycles. The summed E-state index contributed by atoms with van der Waals surface area (Å²) in [7, 11) is 0. The Morgan fingerprint density at radius 2 is 2.09 bits per heavy atom. The van der Waals surface area contributed by atoms with Crippen molar-refractivity contribution in [2.45, 2.75) is 19.4 Å². The van der Waals surface area contributed by atoms with Crippen LogP contribution in [0.1, 0.15) is 12.1 Å². The number of halogens is 1. The number of benzene rings is 1. The predicted molar refractivity (Wildman–Crippen MR) is 92.5 cm³/mol. The number of rotatable bonds is 6. The van der Waals surface area contributed by atoms with Gasteiger partial charge in [-0.1, -0.05) is 23.7 Å². The maximum atomic E-state index is 12.0. The summed E-state index contributed by atoms with van der Waals surface area (Å²) < 4.78 is 2.06. The van der Waals surface area contributed by atoms with Crippen molar-refractivity contribution in [3.63, 3.8) is 0 Å². The molecule has 0 radical (unpaired) electrons. The molecular formula is C18H18ClN3O. The number of hydrogen-bond donors (Lipinski definition) is 1. The molecule has 5 heteroatoms. The summed E-state index contributed by atoms with van der Waals surface area (Å²) in [5.74, 6) is 0.0461. The molecule has 3 rings (SSSR count). The third kappa shape index (κ3) is 3.90. The SMILES string of the molecule is O=C(CCn1ccc2c(Cl)cccc21)NCCc1ccccn1. The van der Waals surface area contributed by atoms with Crippen molar-refractivity contribution >= 4 is 28.4 Å². The number of carbonyl (C=O) groups is 1. The lowest BCUT2D eigenvalue weighted by atomic mass is 10.2. The van der Waals surface area contributed by atoms with Gasteiger partial charge in [0.15, 0.2) is 0 Å². The number of fused-ring (bicyclic) bond motifs is 1. The molecule has 1 N–H and O–H groups in total. The Hall–Kier alpha value is -2.33. The van der Waals surface area contributed by atoms with E-state index < -0.39 is 0 Å². The summed E-state index contributed by atoms with van der Waals surface area (Å²) >= 11 is 6.16. The zero-order valence-electron chi connectivity index (χ0n) is 12.7. The van der Waals surface area contributed by atoms with E-state index >= 15 is 0 Å². The topological polar surface area (TPSA) is 46.9 Å². The summed E-state index contributed by atoms with van der Waals surface area (Å²) in [4.78, 5) is 16.2. The van der Waals surface area contributed by atoms with Crippen molar-refractivity contribution in [3.05, 3.63) is 65.6 Å². The average molecular weight is 328 g/mol. The van der Waals surface area contributed by atoms with E-state index in [1.807, 2.05) is 48.7 Å². The smallest absolute Gasteiger partial charge is 0.221 e. The maximum Gasteiger partial charge on any atom is 0.221 e. The van der Waals surface area contributed by atoms with Crippen LogP contribution in [-0.2, 0) is 17.8 Å². The van der Waals surface area contributed by atoms with Crippen molar-refractivity contribution in [3.8, 4) is 0 Å².